The standard InChI is InChI=1S/C20H27N5O/c26-20(24-12-15-5-2-1-3-6-15)16-7-4-10-25(14-16)17-11-18-19(23-13-17)22-9-8-21-18/h8-9,11,13,15-16H,1-7,10,12,14H2,(H,24,26). The lowest BCUT2D eigenvalue weighted by atomic mass is 9.89. The maximum absolute atomic E-state index is 12.7. The molecule has 2 aromatic heterocycles. The molecule has 2 aliphatic rings. The van der Waals surface area contributed by atoms with Crippen LogP contribution in [0.15, 0.2) is 24.7 Å². The van der Waals surface area contributed by atoms with E-state index in [1.165, 1.54) is 32.1 Å². The Balaban J connectivity index is 1.37. The number of nitrogens with one attached hydrogen (secondary N) is 1. The average molecular weight is 353 g/mol. The van der Waals surface area contributed by atoms with E-state index in [1.54, 1.807) is 12.4 Å². The summed E-state index contributed by atoms with van der Waals surface area (Å²) in [4.78, 5) is 27.9. The van der Waals surface area contributed by atoms with Crippen molar-refractivity contribution in [3.8, 4) is 0 Å². The molecule has 1 amide bonds. The van der Waals surface area contributed by atoms with Crippen LogP contribution in [0.4, 0.5) is 5.69 Å². The lowest BCUT2D eigenvalue weighted by Crippen LogP contribution is -2.44. The first kappa shape index (κ1) is 17.2. The third-order valence-electron chi connectivity index (χ3n) is 5.76. The number of piperidine rings is 1. The Hall–Kier alpha value is -2.24. The van der Waals surface area contributed by atoms with Crippen LogP contribution in [0.3, 0.4) is 0 Å². The van der Waals surface area contributed by atoms with E-state index in [9.17, 15) is 4.79 Å². The fraction of sp³-hybridized carbons (Fsp3) is 0.600. The van der Waals surface area contributed by atoms with Crippen LogP contribution in [0.1, 0.15) is 44.9 Å². The number of aromatic nitrogens is 3. The molecule has 0 aromatic carbocycles. The van der Waals surface area contributed by atoms with Crippen LogP contribution in [0.5, 0.6) is 0 Å². The molecule has 1 unspecified atom stereocenters. The number of pyridine rings is 1. The van der Waals surface area contributed by atoms with Crippen molar-refractivity contribution in [2.75, 3.05) is 24.5 Å². The zero-order valence-corrected chi connectivity index (χ0v) is 15.2. The summed E-state index contributed by atoms with van der Waals surface area (Å²) in [5, 5.41) is 3.22. The first-order chi connectivity index (χ1) is 12.8. The van der Waals surface area contributed by atoms with E-state index in [0.29, 0.717) is 11.6 Å². The largest absolute Gasteiger partial charge is 0.369 e. The van der Waals surface area contributed by atoms with Crippen LogP contribution in [0, 0.1) is 11.8 Å². The summed E-state index contributed by atoms with van der Waals surface area (Å²) < 4.78 is 0. The summed E-state index contributed by atoms with van der Waals surface area (Å²) in [5.41, 5.74) is 2.49. The molecule has 6 heteroatoms. The Labute approximate surface area is 154 Å². The normalized spacial score (nSPS) is 21.7. The van der Waals surface area contributed by atoms with Crippen LogP contribution in [-0.2, 0) is 4.79 Å². The van der Waals surface area contributed by atoms with Gasteiger partial charge in [0.1, 0.15) is 5.52 Å². The molecule has 2 fully saturated rings. The summed E-state index contributed by atoms with van der Waals surface area (Å²) in [5.74, 6) is 0.953. The van der Waals surface area contributed by atoms with Gasteiger partial charge in [0.15, 0.2) is 5.65 Å². The number of fused-ring (bicyclic) bond motifs is 1. The summed E-state index contributed by atoms with van der Waals surface area (Å²) in [6, 6.07) is 2.03. The highest BCUT2D eigenvalue weighted by Crippen LogP contribution is 2.25. The van der Waals surface area contributed by atoms with Gasteiger partial charge in [0.2, 0.25) is 5.91 Å². The minimum absolute atomic E-state index is 0.0601. The predicted octanol–water partition coefficient (Wildman–Crippen LogP) is 2.94. The number of hydrogen-bond acceptors (Lipinski definition) is 5. The lowest BCUT2D eigenvalue weighted by molar-refractivity contribution is -0.125. The summed E-state index contributed by atoms with van der Waals surface area (Å²) in [6.45, 7) is 2.56. The highest BCUT2D eigenvalue weighted by atomic mass is 16.1. The second kappa shape index (κ2) is 7.98. The Morgan fingerprint density at radius 1 is 1.08 bits per heavy atom. The van der Waals surface area contributed by atoms with Crippen molar-refractivity contribution >= 4 is 22.8 Å². The van der Waals surface area contributed by atoms with Gasteiger partial charge in [-0.25, -0.2) is 9.97 Å². The van der Waals surface area contributed by atoms with Gasteiger partial charge in [-0.3, -0.25) is 9.78 Å². The molecule has 3 heterocycles. The van der Waals surface area contributed by atoms with Gasteiger partial charge >= 0.3 is 0 Å². The summed E-state index contributed by atoms with van der Waals surface area (Å²) in [6.07, 6.45) is 13.7. The van der Waals surface area contributed by atoms with Gasteiger partial charge in [-0.2, -0.15) is 0 Å². The molecule has 1 aliphatic carbocycles. The van der Waals surface area contributed by atoms with Crippen molar-refractivity contribution in [1.82, 2.24) is 20.3 Å². The lowest BCUT2D eigenvalue weighted by Gasteiger charge is -2.34. The molecule has 4 rings (SSSR count). The smallest absolute Gasteiger partial charge is 0.224 e. The number of nitrogens with zero attached hydrogens (tertiary/aromatic N) is 4. The minimum atomic E-state index is 0.0601. The predicted molar refractivity (Wildman–Crippen MR) is 102 cm³/mol. The maximum Gasteiger partial charge on any atom is 0.224 e. The number of anilines is 1. The van der Waals surface area contributed by atoms with Gasteiger partial charge in [-0.05, 0) is 37.7 Å². The van der Waals surface area contributed by atoms with E-state index < -0.39 is 0 Å². The molecule has 1 atom stereocenters. The van der Waals surface area contributed by atoms with Crippen LogP contribution in [0.2, 0.25) is 0 Å². The van der Waals surface area contributed by atoms with Gasteiger partial charge in [-0.15, -0.1) is 0 Å². The zero-order chi connectivity index (χ0) is 17.8. The van der Waals surface area contributed by atoms with E-state index in [1.807, 2.05) is 12.3 Å². The minimum Gasteiger partial charge on any atom is -0.369 e. The van der Waals surface area contributed by atoms with Crippen molar-refractivity contribution in [2.24, 2.45) is 11.8 Å². The number of carbonyl (C=O) groups excluding carboxylic acids is 1. The number of hydrogen-bond donors (Lipinski definition) is 1. The van der Waals surface area contributed by atoms with E-state index in [0.717, 1.165) is 43.7 Å². The third-order valence-corrected chi connectivity index (χ3v) is 5.76. The summed E-state index contributed by atoms with van der Waals surface area (Å²) in [7, 11) is 0. The molecular formula is C20H27N5O. The number of amides is 1. The van der Waals surface area contributed by atoms with Crippen LogP contribution in [-0.4, -0.2) is 40.5 Å². The van der Waals surface area contributed by atoms with E-state index in [4.69, 9.17) is 0 Å². The van der Waals surface area contributed by atoms with Crippen LogP contribution >= 0.6 is 0 Å². The second-order valence-corrected chi connectivity index (χ2v) is 7.63. The molecule has 6 nitrogen and oxygen atoms in total. The topological polar surface area (TPSA) is 71.0 Å². The van der Waals surface area contributed by atoms with Gasteiger partial charge in [0, 0.05) is 32.0 Å². The Bertz CT molecular complexity index is 759. The maximum atomic E-state index is 12.7. The number of carbonyl (C=O) groups is 1. The molecule has 1 aliphatic heterocycles. The van der Waals surface area contributed by atoms with Crippen molar-refractivity contribution in [3.05, 3.63) is 24.7 Å². The van der Waals surface area contributed by atoms with Gasteiger partial charge in [-0.1, -0.05) is 19.3 Å². The monoisotopic (exact) mass is 353 g/mol. The van der Waals surface area contributed by atoms with Crippen LogP contribution < -0.4 is 10.2 Å². The fourth-order valence-electron chi connectivity index (χ4n) is 4.23. The summed E-state index contributed by atoms with van der Waals surface area (Å²) >= 11 is 0. The highest BCUT2D eigenvalue weighted by molar-refractivity contribution is 5.80. The average Bonchev–Trinajstić information content (AvgIpc) is 2.72. The molecule has 2 aromatic rings. The fourth-order valence-corrected chi connectivity index (χ4v) is 4.23. The molecule has 1 N–H and O–H groups in total. The van der Waals surface area contributed by atoms with Crippen molar-refractivity contribution in [3.63, 3.8) is 0 Å². The zero-order valence-electron chi connectivity index (χ0n) is 15.2. The molecule has 26 heavy (non-hydrogen) atoms. The Morgan fingerprint density at radius 3 is 2.81 bits per heavy atom. The third kappa shape index (κ3) is 3.94. The Morgan fingerprint density at radius 2 is 1.92 bits per heavy atom. The number of rotatable bonds is 4. The van der Waals surface area contributed by atoms with E-state index in [2.05, 4.69) is 25.2 Å². The van der Waals surface area contributed by atoms with Crippen molar-refractivity contribution in [2.45, 2.75) is 44.9 Å². The quantitative estimate of drug-likeness (QED) is 0.915. The molecule has 1 saturated carbocycles. The molecule has 0 bridgehead atoms. The molecule has 0 radical (unpaired) electrons. The van der Waals surface area contributed by atoms with Crippen molar-refractivity contribution < 1.29 is 4.79 Å². The molecule has 0 spiro atoms. The molecular weight excluding hydrogens is 326 g/mol. The second-order valence-electron chi connectivity index (χ2n) is 7.63. The SMILES string of the molecule is O=C(NCC1CCCCC1)C1CCCN(c2cnc3nccnc3c2)C1. The van der Waals surface area contributed by atoms with Gasteiger partial charge in [0.05, 0.1) is 17.8 Å². The van der Waals surface area contributed by atoms with E-state index in [-0.39, 0.29) is 11.8 Å². The first-order valence-electron chi connectivity index (χ1n) is 9.89. The Kier molecular flexibility index (Phi) is 5.27. The van der Waals surface area contributed by atoms with Crippen LogP contribution in [0.25, 0.3) is 11.2 Å². The molecule has 1 saturated heterocycles. The van der Waals surface area contributed by atoms with Crippen molar-refractivity contribution in [1.29, 1.82) is 0 Å². The molecule has 138 valence electrons. The first-order valence-corrected chi connectivity index (χ1v) is 9.89. The van der Waals surface area contributed by atoms with E-state index >= 15 is 0 Å². The van der Waals surface area contributed by atoms with Gasteiger partial charge < -0.3 is 10.2 Å². The van der Waals surface area contributed by atoms with Gasteiger partial charge in [0.25, 0.3) is 0 Å². The highest BCUT2D eigenvalue weighted by Gasteiger charge is 2.27.